The smallest absolute Gasteiger partial charge is 0.360 e. The maximum atomic E-state index is 11.5. The van der Waals surface area contributed by atoms with Crippen molar-refractivity contribution in [3.63, 3.8) is 0 Å². The Bertz CT molecular complexity index is 617. The van der Waals surface area contributed by atoms with Gasteiger partial charge in [-0.1, -0.05) is 12.1 Å². The van der Waals surface area contributed by atoms with Gasteiger partial charge in [-0.05, 0) is 12.1 Å². The molecule has 2 rings (SSSR count). The molecule has 1 aromatic carbocycles. The summed E-state index contributed by atoms with van der Waals surface area (Å²) in [6.45, 7) is 1.29. The van der Waals surface area contributed by atoms with E-state index in [1.165, 1.54) is 14.0 Å². The molecule has 0 bridgehead atoms. The largest absolute Gasteiger partial charge is 0.464 e. The minimum atomic E-state index is -0.624. The van der Waals surface area contributed by atoms with E-state index in [1.54, 1.807) is 24.3 Å². The van der Waals surface area contributed by atoms with Crippen LogP contribution in [0.3, 0.4) is 0 Å². The normalized spacial score (nSPS) is 10.0. The molecule has 0 saturated heterocycles. The minimum absolute atomic E-state index is 0.0297. The van der Waals surface area contributed by atoms with E-state index in [1.807, 2.05) is 0 Å². The number of carbonyl (C=O) groups is 2. The minimum Gasteiger partial charge on any atom is -0.464 e. The quantitative estimate of drug-likeness (QED) is 0.621. The molecule has 6 heteroatoms. The molecule has 1 aromatic heterocycles. The van der Waals surface area contributed by atoms with Crippen LogP contribution in [0.15, 0.2) is 35.1 Å². The molecule has 6 nitrogen and oxygen atoms in total. The molecule has 0 aliphatic heterocycles. The van der Waals surface area contributed by atoms with Crippen LogP contribution >= 0.6 is 0 Å². The molecular formula is C13H11NO5. The summed E-state index contributed by atoms with van der Waals surface area (Å²) in [7, 11) is 1.25. The molecule has 2 aromatic rings. The lowest BCUT2D eigenvalue weighted by molar-refractivity contribution is -0.131. The average molecular weight is 261 g/mol. The van der Waals surface area contributed by atoms with Gasteiger partial charge in [0.2, 0.25) is 0 Å². The number of ether oxygens (including phenoxy) is 2. The summed E-state index contributed by atoms with van der Waals surface area (Å²) in [5.41, 5.74) is 0.484. The third-order valence-corrected chi connectivity index (χ3v) is 2.33. The topological polar surface area (TPSA) is 78.6 Å². The molecule has 0 unspecified atom stereocenters. The third kappa shape index (κ3) is 2.62. The predicted molar refractivity (Wildman–Crippen MR) is 64.6 cm³/mol. The van der Waals surface area contributed by atoms with Crippen molar-refractivity contribution < 1.29 is 23.5 Å². The molecule has 0 saturated carbocycles. The summed E-state index contributed by atoms with van der Waals surface area (Å²) in [6.07, 6.45) is 1.13. The first-order chi connectivity index (χ1) is 9.13. The maximum Gasteiger partial charge on any atom is 0.360 e. The Labute approximate surface area is 109 Å². The van der Waals surface area contributed by atoms with E-state index >= 15 is 0 Å². The summed E-state index contributed by atoms with van der Waals surface area (Å²) < 4.78 is 14.9. The molecular weight excluding hydrogens is 250 g/mol. The van der Waals surface area contributed by atoms with Crippen molar-refractivity contribution in [1.82, 2.24) is 4.98 Å². The number of rotatable bonds is 3. The fraction of sp³-hybridized carbons (Fsp3) is 0.154. The average Bonchev–Trinajstić information content (AvgIpc) is 2.87. The first-order valence-corrected chi connectivity index (χ1v) is 5.43. The van der Waals surface area contributed by atoms with Crippen LogP contribution in [0.2, 0.25) is 0 Å². The number of nitrogens with zero attached hydrogens (tertiary/aromatic N) is 1. The number of methoxy groups -OCH3 is 1. The van der Waals surface area contributed by atoms with Crippen LogP contribution in [0.1, 0.15) is 17.4 Å². The number of esters is 2. The zero-order chi connectivity index (χ0) is 13.8. The molecule has 0 aliphatic carbocycles. The van der Waals surface area contributed by atoms with E-state index in [0.717, 1.165) is 6.39 Å². The standard InChI is InChI=1S/C13H11NO5/c1-8(15)19-10-6-4-3-5-9(10)12-11(13(16)17-2)14-7-18-12/h3-7H,1-2H3. The lowest BCUT2D eigenvalue weighted by atomic mass is 10.1. The summed E-state index contributed by atoms with van der Waals surface area (Å²) in [5, 5.41) is 0. The fourth-order valence-electron chi connectivity index (χ4n) is 1.58. The van der Waals surface area contributed by atoms with Crippen molar-refractivity contribution in [1.29, 1.82) is 0 Å². The highest BCUT2D eigenvalue weighted by atomic mass is 16.5. The van der Waals surface area contributed by atoms with Gasteiger partial charge in [0.1, 0.15) is 5.75 Å². The molecule has 0 N–H and O–H groups in total. The second-order valence-electron chi connectivity index (χ2n) is 3.61. The number of carbonyl (C=O) groups excluding carboxylic acids is 2. The monoisotopic (exact) mass is 261 g/mol. The van der Waals surface area contributed by atoms with Crippen molar-refractivity contribution in [3.05, 3.63) is 36.4 Å². The van der Waals surface area contributed by atoms with Crippen LogP contribution in [-0.4, -0.2) is 24.0 Å². The second kappa shape index (κ2) is 5.34. The number of oxazole rings is 1. The predicted octanol–water partition coefficient (Wildman–Crippen LogP) is 2.05. The lowest BCUT2D eigenvalue weighted by Gasteiger charge is -2.07. The first-order valence-electron chi connectivity index (χ1n) is 5.43. The van der Waals surface area contributed by atoms with Gasteiger partial charge >= 0.3 is 11.9 Å². The SMILES string of the molecule is COC(=O)c1ncoc1-c1ccccc1OC(C)=O. The van der Waals surface area contributed by atoms with Crippen molar-refractivity contribution in [2.75, 3.05) is 7.11 Å². The number of aromatic nitrogens is 1. The molecule has 0 radical (unpaired) electrons. The lowest BCUT2D eigenvalue weighted by Crippen LogP contribution is -2.05. The van der Waals surface area contributed by atoms with Crippen LogP contribution < -0.4 is 4.74 Å². The highest BCUT2D eigenvalue weighted by Crippen LogP contribution is 2.32. The Morgan fingerprint density at radius 2 is 2.00 bits per heavy atom. The number of benzene rings is 1. The van der Waals surface area contributed by atoms with E-state index in [-0.39, 0.29) is 17.2 Å². The summed E-state index contributed by atoms with van der Waals surface area (Å²) in [4.78, 5) is 26.4. The molecule has 0 fully saturated rings. The first kappa shape index (κ1) is 12.8. The molecule has 0 amide bonds. The number of hydrogen-bond donors (Lipinski definition) is 0. The van der Waals surface area contributed by atoms with Gasteiger partial charge in [-0.25, -0.2) is 9.78 Å². The maximum absolute atomic E-state index is 11.5. The van der Waals surface area contributed by atoms with Gasteiger partial charge in [0.25, 0.3) is 0 Å². The van der Waals surface area contributed by atoms with Crippen LogP contribution in [0, 0.1) is 0 Å². The Balaban J connectivity index is 2.50. The fourth-order valence-corrected chi connectivity index (χ4v) is 1.58. The van der Waals surface area contributed by atoms with E-state index in [2.05, 4.69) is 9.72 Å². The zero-order valence-electron chi connectivity index (χ0n) is 10.4. The number of para-hydroxylation sites is 1. The molecule has 98 valence electrons. The van der Waals surface area contributed by atoms with E-state index in [4.69, 9.17) is 9.15 Å². The molecule has 0 aliphatic rings. The van der Waals surface area contributed by atoms with Crippen molar-refractivity contribution in [3.8, 4) is 17.1 Å². The van der Waals surface area contributed by atoms with Crippen LogP contribution in [0.25, 0.3) is 11.3 Å². The van der Waals surface area contributed by atoms with Gasteiger partial charge in [-0.3, -0.25) is 4.79 Å². The van der Waals surface area contributed by atoms with Gasteiger partial charge in [0.05, 0.1) is 12.7 Å². The summed E-state index contributed by atoms with van der Waals surface area (Å²) in [6, 6.07) is 6.69. The Morgan fingerprint density at radius 1 is 1.26 bits per heavy atom. The van der Waals surface area contributed by atoms with E-state index in [0.29, 0.717) is 5.56 Å². The third-order valence-electron chi connectivity index (χ3n) is 2.33. The van der Waals surface area contributed by atoms with Crippen molar-refractivity contribution in [2.45, 2.75) is 6.92 Å². The molecule has 1 heterocycles. The van der Waals surface area contributed by atoms with Crippen molar-refractivity contribution in [2.24, 2.45) is 0 Å². The van der Waals surface area contributed by atoms with Gasteiger partial charge < -0.3 is 13.9 Å². The Kier molecular flexibility index (Phi) is 3.61. The van der Waals surface area contributed by atoms with E-state index < -0.39 is 11.9 Å². The van der Waals surface area contributed by atoms with Crippen LogP contribution in [0.4, 0.5) is 0 Å². The second-order valence-corrected chi connectivity index (χ2v) is 3.61. The number of hydrogen-bond acceptors (Lipinski definition) is 6. The van der Waals surface area contributed by atoms with Gasteiger partial charge in [-0.2, -0.15) is 0 Å². The summed E-state index contributed by atoms with van der Waals surface area (Å²) in [5.74, 6) is -0.603. The van der Waals surface area contributed by atoms with Crippen LogP contribution in [-0.2, 0) is 9.53 Å². The van der Waals surface area contributed by atoms with Gasteiger partial charge in [0.15, 0.2) is 17.8 Å². The van der Waals surface area contributed by atoms with Gasteiger partial charge in [-0.15, -0.1) is 0 Å². The van der Waals surface area contributed by atoms with Crippen molar-refractivity contribution >= 4 is 11.9 Å². The highest BCUT2D eigenvalue weighted by molar-refractivity contribution is 5.94. The zero-order valence-corrected chi connectivity index (χ0v) is 10.4. The Morgan fingerprint density at radius 3 is 2.68 bits per heavy atom. The summed E-state index contributed by atoms with van der Waals surface area (Å²) >= 11 is 0. The molecule has 19 heavy (non-hydrogen) atoms. The molecule has 0 atom stereocenters. The highest BCUT2D eigenvalue weighted by Gasteiger charge is 2.21. The molecule has 0 spiro atoms. The van der Waals surface area contributed by atoms with Gasteiger partial charge in [0, 0.05) is 6.92 Å². The van der Waals surface area contributed by atoms with Crippen LogP contribution in [0.5, 0.6) is 5.75 Å². The van der Waals surface area contributed by atoms with E-state index in [9.17, 15) is 9.59 Å². The Hall–Kier alpha value is -2.63.